The van der Waals surface area contributed by atoms with Crippen LogP contribution in [0.4, 0.5) is 0 Å². The van der Waals surface area contributed by atoms with E-state index in [1.807, 2.05) is 0 Å². The molecule has 0 saturated carbocycles. The standard InChI is InChI=1S/C14H28N2/c1-13(2)7-11-12(15(5)9-13)8-14(3,4)10-16(11)6/h11-12H,7-10H2,1-6H3/t11-,12-/m1/s1. The van der Waals surface area contributed by atoms with Gasteiger partial charge in [-0.25, -0.2) is 0 Å². The summed E-state index contributed by atoms with van der Waals surface area (Å²) in [6.45, 7) is 12.1. The zero-order valence-corrected chi connectivity index (χ0v) is 11.9. The zero-order chi connectivity index (χ0) is 12.1. The molecule has 0 unspecified atom stereocenters. The fourth-order valence-electron chi connectivity index (χ4n) is 4.02. The SMILES string of the molecule is CN1CC(C)(C)C[C@@H]2[C@H]1CC(C)(C)CN2C. The summed E-state index contributed by atoms with van der Waals surface area (Å²) in [5, 5.41) is 0. The Hall–Kier alpha value is -0.0800. The number of hydrogen-bond donors (Lipinski definition) is 0. The average molecular weight is 224 g/mol. The van der Waals surface area contributed by atoms with Gasteiger partial charge in [-0.05, 0) is 37.8 Å². The smallest absolute Gasteiger partial charge is 0.0254 e. The lowest BCUT2D eigenvalue weighted by molar-refractivity contribution is -0.0569. The molecule has 2 aliphatic heterocycles. The van der Waals surface area contributed by atoms with Crippen molar-refractivity contribution in [2.24, 2.45) is 10.8 Å². The van der Waals surface area contributed by atoms with Gasteiger partial charge in [0.25, 0.3) is 0 Å². The van der Waals surface area contributed by atoms with Crippen LogP contribution in [-0.2, 0) is 0 Å². The van der Waals surface area contributed by atoms with Crippen molar-refractivity contribution in [3.8, 4) is 0 Å². The van der Waals surface area contributed by atoms with Crippen LogP contribution in [0, 0.1) is 10.8 Å². The molecule has 2 rings (SSSR count). The van der Waals surface area contributed by atoms with Crippen molar-refractivity contribution in [2.45, 2.75) is 52.6 Å². The Morgan fingerprint density at radius 1 is 0.750 bits per heavy atom. The van der Waals surface area contributed by atoms with Crippen LogP contribution in [0.5, 0.6) is 0 Å². The van der Waals surface area contributed by atoms with Crippen LogP contribution in [0.1, 0.15) is 40.5 Å². The van der Waals surface area contributed by atoms with Crippen LogP contribution in [0.25, 0.3) is 0 Å². The Morgan fingerprint density at radius 2 is 1.06 bits per heavy atom. The summed E-state index contributed by atoms with van der Waals surface area (Å²) in [5.41, 5.74) is 0.956. The largest absolute Gasteiger partial charge is 0.301 e. The molecule has 2 saturated heterocycles. The van der Waals surface area contributed by atoms with Crippen molar-refractivity contribution in [3.63, 3.8) is 0 Å². The molecule has 2 heterocycles. The van der Waals surface area contributed by atoms with Crippen LogP contribution in [0.15, 0.2) is 0 Å². The third kappa shape index (κ3) is 2.28. The van der Waals surface area contributed by atoms with E-state index in [1.165, 1.54) is 25.9 Å². The number of hydrogen-bond acceptors (Lipinski definition) is 2. The summed E-state index contributed by atoms with van der Waals surface area (Å²) in [6.07, 6.45) is 2.71. The lowest BCUT2D eigenvalue weighted by Crippen LogP contribution is -2.63. The van der Waals surface area contributed by atoms with Crippen molar-refractivity contribution < 1.29 is 0 Å². The van der Waals surface area contributed by atoms with Gasteiger partial charge in [0.05, 0.1) is 0 Å². The first-order valence-electron chi connectivity index (χ1n) is 6.61. The maximum absolute atomic E-state index is 2.60. The number of rotatable bonds is 0. The molecule has 0 spiro atoms. The summed E-state index contributed by atoms with van der Waals surface area (Å²) in [6, 6.07) is 1.53. The van der Waals surface area contributed by atoms with Crippen molar-refractivity contribution in [2.75, 3.05) is 27.2 Å². The highest BCUT2D eigenvalue weighted by molar-refractivity contribution is 5.01. The lowest BCUT2D eigenvalue weighted by Gasteiger charge is -2.56. The fourth-order valence-corrected chi connectivity index (χ4v) is 4.02. The summed E-state index contributed by atoms with van der Waals surface area (Å²) >= 11 is 0. The molecule has 0 N–H and O–H groups in total. The van der Waals surface area contributed by atoms with Crippen LogP contribution >= 0.6 is 0 Å². The highest BCUT2D eigenvalue weighted by Crippen LogP contribution is 2.42. The van der Waals surface area contributed by atoms with Gasteiger partial charge in [-0.1, -0.05) is 27.7 Å². The van der Waals surface area contributed by atoms with E-state index in [0.717, 1.165) is 12.1 Å². The molecule has 0 radical (unpaired) electrons. The van der Waals surface area contributed by atoms with Crippen LogP contribution in [-0.4, -0.2) is 49.1 Å². The molecule has 2 fully saturated rings. The van der Waals surface area contributed by atoms with Crippen molar-refractivity contribution in [1.29, 1.82) is 0 Å². The molecule has 0 aliphatic carbocycles. The predicted molar refractivity (Wildman–Crippen MR) is 69.6 cm³/mol. The highest BCUT2D eigenvalue weighted by Gasteiger charge is 2.45. The molecular formula is C14H28N2. The molecule has 2 atom stereocenters. The number of likely N-dealkylation sites (N-methyl/N-ethyl adjacent to an activating group) is 2. The first kappa shape index (κ1) is 12.4. The second-order valence-electron chi connectivity index (χ2n) is 7.70. The third-order valence-corrected chi connectivity index (χ3v) is 4.45. The summed E-state index contributed by atoms with van der Waals surface area (Å²) < 4.78 is 0. The summed E-state index contributed by atoms with van der Waals surface area (Å²) in [5.74, 6) is 0. The predicted octanol–water partition coefficient (Wildman–Crippen LogP) is 2.45. The van der Waals surface area contributed by atoms with Crippen LogP contribution in [0.2, 0.25) is 0 Å². The number of piperidine rings is 2. The quantitative estimate of drug-likeness (QED) is 0.623. The van der Waals surface area contributed by atoms with E-state index >= 15 is 0 Å². The molecule has 2 nitrogen and oxygen atoms in total. The van der Waals surface area contributed by atoms with Crippen molar-refractivity contribution >= 4 is 0 Å². The van der Waals surface area contributed by atoms with Crippen molar-refractivity contribution in [1.82, 2.24) is 9.80 Å². The maximum Gasteiger partial charge on any atom is 0.0254 e. The molecule has 0 bridgehead atoms. The Balaban J connectivity index is 2.19. The van der Waals surface area contributed by atoms with Gasteiger partial charge in [0, 0.05) is 25.2 Å². The Morgan fingerprint density at radius 3 is 1.38 bits per heavy atom. The van der Waals surface area contributed by atoms with E-state index in [9.17, 15) is 0 Å². The van der Waals surface area contributed by atoms with Gasteiger partial charge in [-0.15, -0.1) is 0 Å². The van der Waals surface area contributed by atoms with E-state index in [2.05, 4.69) is 51.6 Å². The van der Waals surface area contributed by atoms with E-state index in [1.54, 1.807) is 0 Å². The van der Waals surface area contributed by atoms with E-state index in [4.69, 9.17) is 0 Å². The van der Waals surface area contributed by atoms with E-state index < -0.39 is 0 Å². The van der Waals surface area contributed by atoms with Crippen LogP contribution < -0.4 is 0 Å². The molecule has 2 heteroatoms. The van der Waals surface area contributed by atoms with Gasteiger partial charge in [-0.3, -0.25) is 0 Å². The Labute approximate surface area is 101 Å². The number of fused-ring (bicyclic) bond motifs is 1. The topological polar surface area (TPSA) is 6.48 Å². The monoisotopic (exact) mass is 224 g/mol. The van der Waals surface area contributed by atoms with Crippen LogP contribution in [0.3, 0.4) is 0 Å². The zero-order valence-electron chi connectivity index (χ0n) is 11.9. The normalized spacial score (nSPS) is 39.4. The molecule has 0 aromatic heterocycles. The highest BCUT2D eigenvalue weighted by atomic mass is 15.3. The average Bonchev–Trinajstić information content (AvgIpc) is 2.05. The Kier molecular flexibility index (Phi) is 2.87. The minimum Gasteiger partial charge on any atom is -0.301 e. The van der Waals surface area contributed by atoms with Gasteiger partial charge < -0.3 is 9.80 Å². The molecule has 2 aliphatic rings. The summed E-state index contributed by atoms with van der Waals surface area (Å²) in [7, 11) is 4.63. The molecular weight excluding hydrogens is 196 g/mol. The Bertz CT molecular complexity index is 242. The minimum absolute atomic E-state index is 0.478. The molecule has 16 heavy (non-hydrogen) atoms. The molecule has 0 aromatic rings. The van der Waals surface area contributed by atoms with Crippen molar-refractivity contribution in [3.05, 3.63) is 0 Å². The fraction of sp³-hybridized carbons (Fsp3) is 1.00. The first-order chi connectivity index (χ1) is 7.20. The maximum atomic E-state index is 2.60. The van der Waals surface area contributed by atoms with Gasteiger partial charge in [0.1, 0.15) is 0 Å². The summed E-state index contributed by atoms with van der Waals surface area (Å²) in [4.78, 5) is 5.21. The first-order valence-corrected chi connectivity index (χ1v) is 6.61. The minimum atomic E-state index is 0.478. The lowest BCUT2D eigenvalue weighted by atomic mass is 9.70. The second kappa shape index (κ2) is 3.71. The third-order valence-electron chi connectivity index (χ3n) is 4.45. The van der Waals surface area contributed by atoms with Gasteiger partial charge in [0.2, 0.25) is 0 Å². The second-order valence-corrected chi connectivity index (χ2v) is 7.70. The van der Waals surface area contributed by atoms with Gasteiger partial charge >= 0.3 is 0 Å². The molecule has 94 valence electrons. The van der Waals surface area contributed by atoms with E-state index in [-0.39, 0.29) is 0 Å². The van der Waals surface area contributed by atoms with Gasteiger partial charge in [-0.2, -0.15) is 0 Å². The number of nitrogens with zero attached hydrogens (tertiary/aromatic N) is 2. The van der Waals surface area contributed by atoms with Gasteiger partial charge in [0.15, 0.2) is 0 Å². The van der Waals surface area contributed by atoms with E-state index in [0.29, 0.717) is 10.8 Å². The number of likely N-dealkylation sites (tertiary alicyclic amines) is 2. The molecule has 0 amide bonds. The molecule has 0 aromatic carbocycles.